The Hall–Kier alpha value is -2.22. The van der Waals surface area contributed by atoms with Gasteiger partial charge in [0.1, 0.15) is 6.04 Å². The standard InChI is InChI=1S/C29H42N4O2S/c1-21-6-3-4-7-25(21)19-32(20-27-8-5-15-36-27)26-13-14-33(22(2)34)28(16-26)29(35)31-18-24-11-9-23(17-30)10-12-24/h3-8,15,23-24,26,28H,9-14,16-20,30H2,1-2H3,(H,31,35)/t23?,24?,26?,28-/m1/s1. The van der Waals surface area contributed by atoms with Crippen LogP contribution in [0.15, 0.2) is 41.8 Å². The van der Waals surface area contributed by atoms with E-state index in [0.717, 1.165) is 51.7 Å². The van der Waals surface area contributed by atoms with Gasteiger partial charge in [0.05, 0.1) is 0 Å². The van der Waals surface area contributed by atoms with E-state index in [1.807, 2.05) is 0 Å². The summed E-state index contributed by atoms with van der Waals surface area (Å²) >= 11 is 1.77. The lowest BCUT2D eigenvalue weighted by molar-refractivity contribution is -0.142. The Morgan fingerprint density at radius 3 is 2.47 bits per heavy atom. The van der Waals surface area contributed by atoms with E-state index in [9.17, 15) is 9.59 Å². The van der Waals surface area contributed by atoms with Gasteiger partial charge in [-0.15, -0.1) is 11.3 Å². The smallest absolute Gasteiger partial charge is 0.242 e. The van der Waals surface area contributed by atoms with Crippen LogP contribution in [0.25, 0.3) is 0 Å². The summed E-state index contributed by atoms with van der Waals surface area (Å²) in [6.45, 7) is 7.53. The molecule has 6 nitrogen and oxygen atoms in total. The second kappa shape index (κ2) is 12.8. The molecule has 1 aliphatic carbocycles. The molecule has 196 valence electrons. The van der Waals surface area contributed by atoms with Crippen LogP contribution in [-0.4, -0.2) is 53.3 Å². The minimum Gasteiger partial charge on any atom is -0.354 e. The Kier molecular flexibility index (Phi) is 9.57. The molecule has 1 aliphatic heterocycles. The quantitative estimate of drug-likeness (QED) is 0.527. The number of nitrogens with zero attached hydrogens (tertiary/aromatic N) is 2. The fraction of sp³-hybridized carbons (Fsp3) is 0.586. The zero-order valence-corrected chi connectivity index (χ0v) is 22.6. The molecule has 7 heteroatoms. The van der Waals surface area contributed by atoms with Gasteiger partial charge in [-0.1, -0.05) is 30.3 Å². The Morgan fingerprint density at radius 1 is 1.06 bits per heavy atom. The molecule has 1 saturated heterocycles. The first-order chi connectivity index (χ1) is 17.4. The van der Waals surface area contributed by atoms with Crippen molar-refractivity contribution in [1.82, 2.24) is 15.1 Å². The third-order valence-electron chi connectivity index (χ3n) is 8.24. The van der Waals surface area contributed by atoms with Crippen LogP contribution in [0.3, 0.4) is 0 Å². The largest absolute Gasteiger partial charge is 0.354 e. The SMILES string of the molecule is CC(=O)N1CCC(N(Cc2cccs2)Cc2ccccc2C)C[C@@H]1C(=O)NCC1CCC(CN)CC1. The second-order valence-electron chi connectivity index (χ2n) is 10.7. The van der Waals surface area contributed by atoms with Crippen LogP contribution >= 0.6 is 11.3 Å². The summed E-state index contributed by atoms with van der Waals surface area (Å²) in [5, 5.41) is 5.35. The van der Waals surface area contributed by atoms with Gasteiger partial charge >= 0.3 is 0 Å². The van der Waals surface area contributed by atoms with E-state index < -0.39 is 6.04 Å². The van der Waals surface area contributed by atoms with Crippen molar-refractivity contribution in [3.05, 3.63) is 57.8 Å². The van der Waals surface area contributed by atoms with Gasteiger partial charge in [-0.25, -0.2) is 0 Å². The van der Waals surface area contributed by atoms with Crippen LogP contribution in [0.2, 0.25) is 0 Å². The van der Waals surface area contributed by atoms with Crippen molar-refractivity contribution in [1.29, 1.82) is 0 Å². The van der Waals surface area contributed by atoms with E-state index in [0.29, 0.717) is 31.3 Å². The van der Waals surface area contributed by atoms with Crippen LogP contribution in [-0.2, 0) is 22.7 Å². The highest BCUT2D eigenvalue weighted by Gasteiger charge is 2.37. The fourth-order valence-corrected chi connectivity index (χ4v) is 6.59. The normalized spacial score (nSPS) is 24.6. The first-order valence-corrected chi connectivity index (χ1v) is 14.4. The van der Waals surface area contributed by atoms with E-state index in [4.69, 9.17) is 5.73 Å². The predicted molar refractivity (Wildman–Crippen MR) is 146 cm³/mol. The van der Waals surface area contributed by atoms with E-state index in [-0.39, 0.29) is 17.9 Å². The molecule has 1 aromatic carbocycles. The predicted octanol–water partition coefficient (Wildman–Crippen LogP) is 4.32. The molecule has 0 radical (unpaired) electrons. The van der Waals surface area contributed by atoms with Crippen molar-refractivity contribution in [2.45, 2.75) is 77.5 Å². The van der Waals surface area contributed by atoms with Gasteiger partial charge in [0.15, 0.2) is 0 Å². The number of likely N-dealkylation sites (tertiary alicyclic amines) is 1. The summed E-state index contributed by atoms with van der Waals surface area (Å²) in [6.07, 6.45) is 6.09. The molecule has 3 N–H and O–H groups in total. The Bertz CT molecular complexity index is 987. The number of rotatable bonds is 9. The number of piperidine rings is 1. The number of nitrogens with one attached hydrogen (secondary N) is 1. The zero-order chi connectivity index (χ0) is 25.5. The first-order valence-electron chi connectivity index (χ1n) is 13.5. The van der Waals surface area contributed by atoms with E-state index >= 15 is 0 Å². The summed E-state index contributed by atoms with van der Waals surface area (Å²) < 4.78 is 0. The molecule has 4 rings (SSSR count). The summed E-state index contributed by atoms with van der Waals surface area (Å²) in [5.41, 5.74) is 8.44. The minimum absolute atomic E-state index is 0.00261. The van der Waals surface area contributed by atoms with E-state index in [1.54, 1.807) is 23.2 Å². The number of thiophene rings is 1. The van der Waals surface area contributed by atoms with Crippen molar-refractivity contribution in [2.24, 2.45) is 17.6 Å². The average molecular weight is 511 g/mol. The van der Waals surface area contributed by atoms with Crippen LogP contribution in [0.5, 0.6) is 0 Å². The summed E-state index contributed by atoms with van der Waals surface area (Å²) in [4.78, 5) is 31.5. The van der Waals surface area contributed by atoms with Gasteiger partial charge in [0, 0.05) is 44.0 Å². The molecular formula is C29H42N4O2S. The lowest BCUT2D eigenvalue weighted by Gasteiger charge is -2.43. The molecule has 1 unspecified atom stereocenters. The third-order valence-corrected chi connectivity index (χ3v) is 9.10. The van der Waals surface area contributed by atoms with Crippen molar-refractivity contribution >= 4 is 23.2 Å². The molecule has 2 amide bonds. The van der Waals surface area contributed by atoms with Gasteiger partial charge in [0.25, 0.3) is 0 Å². The molecule has 1 aromatic heterocycles. The highest BCUT2D eigenvalue weighted by Crippen LogP contribution is 2.29. The summed E-state index contributed by atoms with van der Waals surface area (Å²) in [7, 11) is 0. The number of carbonyl (C=O) groups excluding carboxylic acids is 2. The Balaban J connectivity index is 1.45. The first kappa shape index (κ1) is 26.8. The number of amides is 2. The van der Waals surface area contributed by atoms with Gasteiger partial charge in [-0.2, -0.15) is 0 Å². The van der Waals surface area contributed by atoms with Crippen molar-refractivity contribution in [3.8, 4) is 0 Å². The van der Waals surface area contributed by atoms with Gasteiger partial charge in [-0.3, -0.25) is 14.5 Å². The molecule has 1 saturated carbocycles. The molecule has 0 bridgehead atoms. The number of benzene rings is 1. The summed E-state index contributed by atoms with van der Waals surface area (Å²) in [5.74, 6) is 1.13. The van der Waals surface area contributed by atoms with Crippen LogP contribution in [0.1, 0.15) is 61.5 Å². The fourth-order valence-electron chi connectivity index (χ4n) is 5.86. The Labute approximate surface area is 220 Å². The maximum Gasteiger partial charge on any atom is 0.242 e. The number of hydrogen-bond acceptors (Lipinski definition) is 5. The van der Waals surface area contributed by atoms with E-state index in [1.165, 1.54) is 16.0 Å². The zero-order valence-electron chi connectivity index (χ0n) is 21.8. The lowest BCUT2D eigenvalue weighted by atomic mass is 9.82. The molecule has 0 spiro atoms. The van der Waals surface area contributed by atoms with Crippen molar-refractivity contribution in [3.63, 3.8) is 0 Å². The summed E-state index contributed by atoms with van der Waals surface area (Å²) in [6, 6.07) is 12.6. The molecule has 2 aromatic rings. The molecule has 2 atom stereocenters. The number of carbonyl (C=O) groups is 2. The number of aryl methyl sites for hydroxylation is 1. The molecular weight excluding hydrogens is 468 g/mol. The third kappa shape index (κ3) is 6.96. The van der Waals surface area contributed by atoms with E-state index in [2.05, 4.69) is 58.9 Å². The van der Waals surface area contributed by atoms with Crippen LogP contribution in [0, 0.1) is 18.8 Å². The maximum absolute atomic E-state index is 13.4. The monoisotopic (exact) mass is 510 g/mol. The molecule has 2 heterocycles. The van der Waals surface area contributed by atoms with Gasteiger partial charge in [-0.05, 0) is 86.4 Å². The highest BCUT2D eigenvalue weighted by molar-refractivity contribution is 7.09. The second-order valence-corrected chi connectivity index (χ2v) is 11.7. The topological polar surface area (TPSA) is 78.7 Å². The van der Waals surface area contributed by atoms with Crippen LogP contribution in [0.4, 0.5) is 0 Å². The van der Waals surface area contributed by atoms with Crippen molar-refractivity contribution < 1.29 is 9.59 Å². The van der Waals surface area contributed by atoms with Crippen LogP contribution < -0.4 is 11.1 Å². The lowest BCUT2D eigenvalue weighted by Crippen LogP contribution is -2.57. The number of nitrogens with two attached hydrogens (primary N) is 1. The van der Waals surface area contributed by atoms with Gasteiger partial charge < -0.3 is 16.0 Å². The highest BCUT2D eigenvalue weighted by atomic mass is 32.1. The minimum atomic E-state index is -0.413. The Morgan fingerprint density at radius 2 is 1.81 bits per heavy atom. The van der Waals surface area contributed by atoms with Gasteiger partial charge in [0.2, 0.25) is 11.8 Å². The average Bonchev–Trinajstić information content (AvgIpc) is 3.41. The van der Waals surface area contributed by atoms with Crippen molar-refractivity contribution in [2.75, 3.05) is 19.6 Å². The number of hydrogen-bond donors (Lipinski definition) is 2. The molecule has 2 aliphatic rings. The maximum atomic E-state index is 13.4. The molecule has 2 fully saturated rings. The molecule has 36 heavy (non-hydrogen) atoms.